The number of anilines is 2. The van der Waals surface area contributed by atoms with Crippen molar-refractivity contribution in [3.63, 3.8) is 0 Å². The second kappa shape index (κ2) is 9.13. The Kier molecular flexibility index (Phi) is 6.84. The van der Waals surface area contributed by atoms with E-state index < -0.39 is 0 Å². The summed E-state index contributed by atoms with van der Waals surface area (Å²) in [5.74, 6) is 2.05. The Morgan fingerprint density at radius 2 is 1.89 bits per heavy atom. The third-order valence-corrected chi connectivity index (χ3v) is 6.71. The van der Waals surface area contributed by atoms with Crippen LogP contribution in [0, 0.1) is 13.8 Å². The first kappa shape index (κ1) is 20.2. The molecular weight excluding hydrogens is 400 g/mol. The predicted molar refractivity (Wildman–Crippen MR) is 117 cm³/mol. The number of halogens is 1. The molecule has 0 aliphatic carbocycles. The molecule has 1 fully saturated rings. The Balaban J connectivity index is 1.55. The number of carbonyl (C=O) groups is 2. The number of hydrogen-bond acceptors (Lipinski definition) is 5. The van der Waals surface area contributed by atoms with E-state index in [9.17, 15) is 9.59 Å². The predicted octanol–water partition coefficient (Wildman–Crippen LogP) is 5.17. The first-order valence-corrected chi connectivity index (χ1v) is 11.3. The zero-order valence-electron chi connectivity index (χ0n) is 15.5. The molecule has 1 N–H and O–H groups in total. The van der Waals surface area contributed by atoms with Crippen LogP contribution in [0.25, 0.3) is 0 Å². The van der Waals surface area contributed by atoms with Gasteiger partial charge in [-0.3, -0.25) is 9.59 Å². The Bertz CT molecular complexity index is 845. The third-order valence-electron chi connectivity index (χ3n) is 4.50. The summed E-state index contributed by atoms with van der Waals surface area (Å²) in [6.45, 7) is 5.90. The SMILES string of the molecule is Cc1cc(C(=O)CCC(=O)Nc2ccc(N3CCSCC3)c(Cl)c2)c(C)s1. The van der Waals surface area contributed by atoms with Crippen LogP contribution >= 0.6 is 34.7 Å². The molecule has 27 heavy (non-hydrogen) atoms. The molecule has 7 heteroatoms. The van der Waals surface area contributed by atoms with Crippen molar-refractivity contribution in [2.24, 2.45) is 0 Å². The van der Waals surface area contributed by atoms with Gasteiger partial charge in [0.25, 0.3) is 0 Å². The third kappa shape index (κ3) is 5.27. The summed E-state index contributed by atoms with van der Waals surface area (Å²) < 4.78 is 0. The average molecular weight is 423 g/mol. The molecule has 144 valence electrons. The molecule has 0 spiro atoms. The Hall–Kier alpha value is -1.50. The summed E-state index contributed by atoms with van der Waals surface area (Å²) >= 11 is 9.98. The molecule has 1 aromatic heterocycles. The fourth-order valence-corrected chi connectivity index (χ4v) is 5.28. The van der Waals surface area contributed by atoms with Crippen LogP contribution in [0.2, 0.25) is 5.02 Å². The Labute approximate surface area is 173 Å². The summed E-state index contributed by atoms with van der Waals surface area (Å²) in [6.07, 6.45) is 0.371. The van der Waals surface area contributed by atoms with Gasteiger partial charge in [-0.05, 0) is 38.1 Å². The van der Waals surface area contributed by atoms with Crippen molar-refractivity contribution >= 4 is 57.8 Å². The van der Waals surface area contributed by atoms with Crippen molar-refractivity contribution in [2.45, 2.75) is 26.7 Å². The van der Waals surface area contributed by atoms with Gasteiger partial charge < -0.3 is 10.2 Å². The number of nitrogens with one attached hydrogen (secondary N) is 1. The normalized spacial score (nSPS) is 14.3. The molecule has 0 unspecified atom stereocenters. The van der Waals surface area contributed by atoms with Gasteiger partial charge in [0.15, 0.2) is 5.78 Å². The molecule has 1 aromatic carbocycles. The average Bonchev–Trinajstić information content (AvgIpc) is 2.99. The number of nitrogens with zero attached hydrogens (tertiary/aromatic N) is 1. The molecule has 1 aliphatic heterocycles. The number of amides is 1. The van der Waals surface area contributed by atoms with E-state index in [-0.39, 0.29) is 24.5 Å². The van der Waals surface area contributed by atoms with Crippen molar-refractivity contribution in [1.29, 1.82) is 0 Å². The van der Waals surface area contributed by atoms with E-state index in [0.717, 1.165) is 45.6 Å². The van der Waals surface area contributed by atoms with Crippen LogP contribution in [0.4, 0.5) is 11.4 Å². The minimum absolute atomic E-state index is 0.0170. The first-order valence-electron chi connectivity index (χ1n) is 8.96. The molecule has 3 rings (SSSR count). The smallest absolute Gasteiger partial charge is 0.224 e. The van der Waals surface area contributed by atoms with Crippen LogP contribution in [0.15, 0.2) is 24.3 Å². The number of thioether (sulfide) groups is 1. The number of rotatable bonds is 6. The number of ketones is 1. The monoisotopic (exact) mass is 422 g/mol. The van der Waals surface area contributed by atoms with Crippen molar-refractivity contribution in [3.8, 4) is 0 Å². The highest BCUT2D eigenvalue weighted by molar-refractivity contribution is 7.99. The van der Waals surface area contributed by atoms with Crippen molar-refractivity contribution in [3.05, 3.63) is 44.6 Å². The van der Waals surface area contributed by atoms with Crippen LogP contribution in [-0.4, -0.2) is 36.3 Å². The number of aryl methyl sites for hydroxylation is 2. The lowest BCUT2D eigenvalue weighted by Gasteiger charge is -2.29. The lowest BCUT2D eigenvalue weighted by atomic mass is 10.1. The van der Waals surface area contributed by atoms with Gasteiger partial charge >= 0.3 is 0 Å². The maximum absolute atomic E-state index is 12.3. The van der Waals surface area contributed by atoms with Crippen LogP contribution in [0.3, 0.4) is 0 Å². The van der Waals surface area contributed by atoms with Crippen LogP contribution in [0.1, 0.15) is 33.0 Å². The lowest BCUT2D eigenvalue weighted by molar-refractivity contribution is -0.116. The fourth-order valence-electron chi connectivity index (χ4n) is 3.14. The summed E-state index contributed by atoms with van der Waals surface area (Å²) in [6, 6.07) is 7.51. The molecule has 0 radical (unpaired) electrons. The van der Waals surface area contributed by atoms with Crippen LogP contribution in [-0.2, 0) is 4.79 Å². The van der Waals surface area contributed by atoms with Gasteiger partial charge in [0.05, 0.1) is 10.7 Å². The second-order valence-electron chi connectivity index (χ2n) is 6.56. The Morgan fingerprint density at radius 3 is 2.52 bits per heavy atom. The lowest BCUT2D eigenvalue weighted by Crippen LogP contribution is -2.32. The quantitative estimate of drug-likeness (QED) is 0.652. The van der Waals surface area contributed by atoms with E-state index in [1.807, 2.05) is 43.8 Å². The molecule has 0 saturated carbocycles. The topological polar surface area (TPSA) is 49.4 Å². The number of carbonyl (C=O) groups excluding carboxylic acids is 2. The zero-order chi connectivity index (χ0) is 19.4. The summed E-state index contributed by atoms with van der Waals surface area (Å²) in [5.41, 5.74) is 2.40. The number of hydrogen-bond donors (Lipinski definition) is 1. The maximum Gasteiger partial charge on any atom is 0.224 e. The van der Waals surface area contributed by atoms with Crippen molar-refractivity contribution in [2.75, 3.05) is 34.8 Å². The molecule has 2 aromatic rings. The number of thiophene rings is 1. The first-order chi connectivity index (χ1) is 12.9. The van der Waals surface area contributed by atoms with E-state index in [2.05, 4.69) is 10.2 Å². The van der Waals surface area contributed by atoms with E-state index in [0.29, 0.717) is 10.7 Å². The molecule has 1 saturated heterocycles. The van der Waals surface area contributed by atoms with Gasteiger partial charge in [0.1, 0.15) is 0 Å². The van der Waals surface area contributed by atoms with Gasteiger partial charge in [0.2, 0.25) is 5.91 Å². The summed E-state index contributed by atoms with van der Waals surface area (Å²) in [4.78, 5) is 28.9. The van der Waals surface area contributed by atoms with E-state index in [1.165, 1.54) is 0 Å². The van der Waals surface area contributed by atoms with Gasteiger partial charge in [-0.1, -0.05) is 11.6 Å². The molecular formula is C20H23ClN2O2S2. The van der Waals surface area contributed by atoms with Gasteiger partial charge in [-0.15, -0.1) is 11.3 Å². The van der Waals surface area contributed by atoms with E-state index in [1.54, 1.807) is 17.4 Å². The van der Waals surface area contributed by atoms with Crippen LogP contribution in [0.5, 0.6) is 0 Å². The highest BCUT2D eigenvalue weighted by Crippen LogP contribution is 2.30. The number of benzene rings is 1. The van der Waals surface area contributed by atoms with Gasteiger partial charge in [0, 0.05) is 58.4 Å². The van der Waals surface area contributed by atoms with E-state index in [4.69, 9.17) is 11.6 Å². The fraction of sp³-hybridized carbons (Fsp3) is 0.400. The molecule has 2 heterocycles. The molecule has 1 amide bonds. The highest BCUT2D eigenvalue weighted by Gasteiger charge is 2.16. The minimum atomic E-state index is -0.175. The standard InChI is InChI=1S/C20H23ClN2O2S2/c1-13-11-16(14(2)27-13)19(24)5-6-20(25)22-15-3-4-18(17(21)12-15)23-7-9-26-10-8-23/h3-4,11-12H,5-10H2,1-2H3,(H,22,25). The van der Waals surface area contributed by atoms with Gasteiger partial charge in [-0.25, -0.2) is 0 Å². The maximum atomic E-state index is 12.3. The highest BCUT2D eigenvalue weighted by atomic mass is 35.5. The van der Waals surface area contributed by atoms with Crippen molar-refractivity contribution in [1.82, 2.24) is 0 Å². The van der Waals surface area contributed by atoms with E-state index >= 15 is 0 Å². The minimum Gasteiger partial charge on any atom is -0.369 e. The van der Waals surface area contributed by atoms with Gasteiger partial charge in [-0.2, -0.15) is 11.8 Å². The molecule has 0 bridgehead atoms. The summed E-state index contributed by atoms with van der Waals surface area (Å²) in [5, 5.41) is 3.48. The summed E-state index contributed by atoms with van der Waals surface area (Å²) in [7, 11) is 0. The molecule has 1 aliphatic rings. The Morgan fingerprint density at radius 1 is 1.15 bits per heavy atom. The molecule has 0 atom stereocenters. The largest absolute Gasteiger partial charge is 0.369 e. The van der Waals surface area contributed by atoms with Crippen LogP contribution < -0.4 is 10.2 Å². The number of Topliss-reactive ketones (excluding diaryl/α,β-unsaturated/α-hetero) is 1. The van der Waals surface area contributed by atoms with Crippen molar-refractivity contribution < 1.29 is 9.59 Å². The zero-order valence-corrected chi connectivity index (χ0v) is 17.9. The molecule has 4 nitrogen and oxygen atoms in total. The second-order valence-corrected chi connectivity index (χ2v) is 9.66.